The molecular weight excluding hydrogens is 269 g/mol. The summed E-state index contributed by atoms with van der Waals surface area (Å²) in [6, 6.07) is 8.89. The average molecular weight is 283 g/mol. The molecule has 0 fully saturated rings. The predicted molar refractivity (Wildman–Crippen MR) is 67.6 cm³/mol. The summed E-state index contributed by atoms with van der Waals surface area (Å²) in [6.45, 7) is -0.00617. The Morgan fingerprint density at radius 3 is 2.47 bits per heavy atom. The molecule has 0 aliphatic rings. The average Bonchev–Trinajstić information content (AvgIpc) is 2.42. The van der Waals surface area contributed by atoms with Gasteiger partial charge in [-0.15, -0.1) is 0 Å². The Morgan fingerprint density at radius 2 is 1.95 bits per heavy atom. The van der Waals surface area contributed by atoms with Crippen molar-refractivity contribution >= 4 is 20.4 Å². The zero-order chi connectivity index (χ0) is 14.3. The van der Waals surface area contributed by atoms with Crippen LogP contribution in [0.2, 0.25) is 0 Å². The number of carbonyl (C=O) groups excluding carboxylic acids is 1. The molecule has 0 aromatic heterocycles. The summed E-state index contributed by atoms with van der Waals surface area (Å²) in [5, 5.41) is 8.92. The van der Waals surface area contributed by atoms with Crippen molar-refractivity contribution in [1.29, 1.82) is 0 Å². The maximum Gasteiger partial charge on any atom is 0.320 e. The van der Waals surface area contributed by atoms with Crippen LogP contribution in [0, 0.1) is 5.92 Å². The molecule has 7 heteroatoms. The highest BCUT2D eigenvalue weighted by molar-refractivity contribution is 7.24. The Kier molecular flexibility index (Phi) is 6.12. The highest BCUT2D eigenvalue weighted by atomic mass is 31.1. The standard InChI is InChI=1S/C12H14NO5P/c13-10(19-17)6-9(11(14)15)12(16)18-7-8-4-2-1-3-5-8/h1-5,9-10H,6-7,13H2,(H,14,15). The highest BCUT2D eigenvalue weighted by Gasteiger charge is 2.30. The van der Waals surface area contributed by atoms with Gasteiger partial charge >= 0.3 is 11.9 Å². The number of esters is 1. The summed E-state index contributed by atoms with van der Waals surface area (Å²) in [6.07, 6.45) is -0.228. The third-order valence-corrected chi connectivity index (χ3v) is 2.90. The van der Waals surface area contributed by atoms with Gasteiger partial charge in [-0.2, -0.15) is 0 Å². The van der Waals surface area contributed by atoms with Crippen molar-refractivity contribution < 1.29 is 24.0 Å². The highest BCUT2D eigenvalue weighted by Crippen LogP contribution is 2.15. The fourth-order valence-corrected chi connectivity index (χ4v) is 1.71. The molecule has 0 bridgehead atoms. The molecule has 1 aromatic rings. The summed E-state index contributed by atoms with van der Waals surface area (Å²) < 4.78 is 15.4. The van der Waals surface area contributed by atoms with Crippen LogP contribution in [0.3, 0.4) is 0 Å². The van der Waals surface area contributed by atoms with Gasteiger partial charge in [-0.1, -0.05) is 30.3 Å². The first-order valence-electron chi connectivity index (χ1n) is 5.56. The van der Waals surface area contributed by atoms with E-state index >= 15 is 0 Å². The van der Waals surface area contributed by atoms with Crippen LogP contribution < -0.4 is 5.73 Å². The minimum absolute atomic E-state index is 0.00617. The van der Waals surface area contributed by atoms with Crippen LogP contribution in [0.5, 0.6) is 0 Å². The molecule has 0 heterocycles. The number of ether oxygens (including phenoxy) is 1. The lowest BCUT2D eigenvalue weighted by Crippen LogP contribution is -2.31. The summed E-state index contributed by atoms with van der Waals surface area (Å²) >= 11 is 0. The molecule has 1 aromatic carbocycles. The zero-order valence-corrected chi connectivity index (χ0v) is 11.0. The van der Waals surface area contributed by atoms with Crippen molar-refractivity contribution in [3.8, 4) is 0 Å². The minimum Gasteiger partial charge on any atom is -0.481 e. The van der Waals surface area contributed by atoms with Crippen molar-refractivity contribution in [3.63, 3.8) is 0 Å². The smallest absolute Gasteiger partial charge is 0.320 e. The molecule has 0 saturated heterocycles. The summed E-state index contributed by atoms with van der Waals surface area (Å²) in [7, 11) is -0.400. The van der Waals surface area contributed by atoms with Gasteiger partial charge in [0.2, 0.25) is 0 Å². The van der Waals surface area contributed by atoms with Gasteiger partial charge in [0.05, 0.1) is 5.78 Å². The van der Waals surface area contributed by atoms with Crippen LogP contribution in [-0.4, -0.2) is 22.8 Å². The molecule has 0 aliphatic carbocycles. The van der Waals surface area contributed by atoms with E-state index in [1.165, 1.54) is 0 Å². The molecule has 0 aliphatic heterocycles. The second-order valence-corrected chi connectivity index (χ2v) is 4.77. The van der Waals surface area contributed by atoms with Gasteiger partial charge in [-0.3, -0.25) is 14.2 Å². The SMILES string of the molecule is NC(CC(C(=O)O)C(=O)OCc1ccccc1)P=O. The first-order valence-corrected chi connectivity index (χ1v) is 6.44. The van der Waals surface area contributed by atoms with Crippen molar-refractivity contribution in [2.45, 2.75) is 18.8 Å². The van der Waals surface area contributed by atoms with Gasteiger partial charge in [0.1, 0.15) is 6.61 Å². The van der Waals surface area contributed by atoms with Crippen LogP contribution in [0.15, 0.2) is 30.3 Å². The summed E-state index contributed by atoms with van der Waals surface area (Å²) in [5.41, 5.74) is 6.12. The van der Waals surface area contributed by atoms with Gasteiger partial charge in [0.25, 0.3) is 0 Å². The van der Waals surface area contributed by atoms with Crippen LogP contribution in [0.4, 0.5) is 0 Å². The molecular formula is C12H14NO5P. The van der Waals surface area contributed by atoms with Crippen LogP contribution >= 0.6 is 8.46 Å². The van der Waals surface area contributed by atoms with Crippen molar-refractivity contribution in [3.05, 3.63) is 35.9 Å². The number of carbonyl (C=O) groups is 2. The van der Waals surface area contributed by atoms with E-state index in [4.69, 9.17) is 15.6 Å². The normalized spacial score (nSPS) is 13.7. The molecule has 0 spiro atoms. The Balaban J connectivity index is 2.57. The van der Waals surface area contributed by atoms with E-state index in [1.807, 2.05) is 6.07 Å². The van der Waals surface area contributed by atoms with Crippen molar-refractivity contribution in [2.24, 2.45) is 11.7 Å². The Labute approximate surface area is 111 Å². The Hall–Kier alpha value is -1.78. The quantitative estimate of drug-likeness (QED) is 0.445. The molecule has 6 nitrogen and oxygen atoms in total. The van der Waals surface area contributed by atoms with Gasteiger partial charge < -0.3 is 15.6 Å². The molecule has 19 heavy (non-hydrogen) atoms. The number of hydrogen-bond acceptors (Lipinski definition) is 5. The molecule has 1 rings (SSSR count). The fourth-order valence-electron chi connectivity index (χ4n) is 1.41. The first-order chi connectivity index (χ1) is 9.04. The zero-order valence-electron chi connectivity index (χ0n) is 10.1. The third kappa shape index (κ3) is 5.16. The number of benzene rings is 1. The molecule has 2 atom stereocenters. The molecule has 3 N–H and O–H groups in total. The Morgan fingerprint density at radius 1 is 1.32 bits per heavy atom. The topological polar surface area (TPSA) is 107 Å². The Bertz CT molecular complexity index is 451. The van der Waals surface area contributed by atoms with Gasteiger partial charge in [-0.25, -0.2) is 0 Å². The number of carboxylic acid groups (broad SMARTS) is 1. The van der Waals surface area contributed by atoms with Crippen LogP contribution in [0.1, 0.15) is 12.0 Å². The number of carboxylic acids is 1. The second-order valence-electron chi connectivity index (χ2n) is 3.89. The monoisotopic (exact) mass is 283 g/mol. The van der Waals surface area contributed by atoms with Gasteiger partial charge in [-0.05, 0) is 12.0 Å². The number of nitrogens with two attached hydrogens (primary N) is 1. The second kappa shape index (κ2) is 7.61. The summed E-state index contributed by atoms with van der Waals surface area (Å²) in [4.78, 5) is 22.6. The van der Waals surface area contributed by atoms with E-state index in [1.54, 1.807) is 24.3 Å². The number of rotatable bonds is 7. The minimum atomic E-state index is -1.40. The molecule has 0 amide bonds. The lowest BCUT2D eigenvalue weighted by Gasteiger charge is -2.13. The van der Waals surface area contributed by atoms with E-state index in [2.05, 4.69) is 0 Å². The number of aliphatic carboxylic acids is 1. The van der Waals surface area contributed by atoms with Crippen LogP contribution in [-0.2, 0) is 25.5 Å². The first kappa shape index (κ1) is 15.3. The molecule has 2 unspecified atom stereocenters. The van der Waals surface area contributed by atoms with E-state index in [9.17, 15) is 14.2 Å². The molecule has 0 radical (unpaired) electrons. The van der Waals surface area contributed by atoms with Crippen LogP contribution in [0.25, 0.3) is 0 Å². The van der Waals surface area contributed by atoms with Crippen molar-refractivity contribution in [2.75, 3.05) is 0 Å². The van der Waals surface area contributed by atoms with Gasteiger partial charge in [0.15, 0.2) is 14.4 Å². The molecule has 102 valence electrons. The van der Waals surface area contributed by atoms with E-state index < -0.39 is 32.1 Å². The van der Waals surface area contributed by atoms with E-state index in [-0.39, 0.29) is 13.0 Å². The molecule has 0 saturated carbocycles. The summed E-state index contributed by atoms with van der Waals surface area (Å²) in [5.74, 6) is -4.52. The third-order valence-electron chi connectivity index (χ3n) is 2.42. The predicted octanol–water partition coefficient (Wildman–Crippen LogP) is 1.40. The maximum atomic E-state index is 11.6. The maximum absolute atomic E-state index is 11.6. The van der Waals surface area contributed by atoms with E-state index in [0.717, 1.165) is 5.56 Å². The largest absolute Gasteiger partial charge is 0.481 e. The van der Waals surface area contributed by atoms with E-state index in [0.29, 0.717) is 0 Å². The lowest BCUT2D eigenvalue weighted by molar-refractivity contribution is -0.159. The van der Waals surface area contributed by atoms with Crippen molar-refractivity contribution in [1.82, 2.24) is 0 Å². The fraction of sp³-hybridized carbons (Fsp3) is 0.333. The lowest BCUT2D eigenvalue weighted by atomic mass is 10.1. The van der Waals surface area contributed by atoms with Gasteiger partial charge in [0, 0.05) is 0 Å². The number of hydrogen-bond donors (Lipinski definition) is 2.